The zero-order chi connectivity index (χ0) is 18.8. The van der Waals surface area contributed by atoms with Crippen LogP contribution in [0.3, 0.4) is 0 Å². The van der Waals surface area contributed by atoms with Gasteiger partial charge in [0.1, 0.15) is 0 Å². The molecule has 0 heterocycles. The summed E-state index contributed by atoms with van der Waals surface area (Å²) >= 11 is 6.17. The summed E-state index contributed by atoms with van der Waals surface area (Å²) in [5.41, 5.74) is 0.169. The lowest BCUT2D eigenvalue weighted by molar-refractivity contribution is -0.129. The lowest BCUT2D eigenvalue weighted by Crippen LogP contribution is -2.37. The average molecular weight is 374 g/mol. The van der Waals surface area contributed by atoms with Gasteiger partial charge in [-0.2, -0.15) is 0 Å². The number of rotatable bonds is 10. The molecule has 0 saturated carbocycles. The van der Waals surface area contributed by atoms with Crippen molar-refractivity contribution < 1.29 is 28.5 Å². The zero-order valence-corrected chi connectivity index (χ0v) is 15.6. The number of carbonyl (C=O) groups excluding carboxylic acids is 2. The van der Waals surface area contributed by atoms with Gasteiger partial charge in [0.2, 0.25) is 0 Å². The minimum Gasteiger partial charge on any atom is -0.493 e. The highest BCUT2D eigenvalue weighted by Gasteiger charge is 2.21. The molecule has 1 rings (SSSR count). The second-order valence-corrected chi connectivity index (χ2v) is 5.58. The first kappa shape index (κ1) is 21.1. The molecule has 7 nitrogen and oxygen atoms in total. The van der Waals surface area contributed by atoms with Crippen LogP contribution in [0.25, 0.3) is 0 Å². The summed E-state index contributed by atoms with van der Waals surface area (Å²) in [7, 11) is 2.98. The minimum absolute atomic E-state index is 0.169. The van der Waals surface area contributed by atoms with E-state index in [2.05, 4.69) is 5.32 Å². The van der Waals surface area contributed by atoms with Gasteiger partial charge >= 0.3 is 5.97 Å². The van der Waals surface area contributed by atoms with Crippen LogP contribution in [0.4, 0.5) is 0 Å². The van der Waals surface area contributed by atoms with E-state index >= 15 is 0 Å². The summed E-state index contributed by atoms with van der Waals surface area (Å²) in [5.74, 6) is -0.402. The van der Waals surface area contributed by atoms with E-state index in [1.165, 1.54) is 33.3 Å². The third kappa shape index (κ3) is 6.43. The maximum atomic E-state index is 12.3. The van der Waals surface area contributed by atoms with Gasteiger partial charge in [0, 0.05) is 13.7 Å². The van der Waals surface area contributed by atoms with E-state index in [4.69, 9.17) is 30.5 Å². The molecule has 1 N–H and O–H groups in total. The zero-order valence-electron chi connectivity index (χ0n) is 14.9. The van der Waals surface area contributed by atoms with Gasteiger partial charge in [0.05, 0.1) is 30.9 Å². The summed E-state index contributed by atoms with van der Waals surface area (Å²) in [5, 5.41) is 2.83. The van der Waals surface area contributed by atoms with Crippen molar-refractivity contribution in [2.24, 2.45) is 0 Å². The first-order chi connectivity index (χ1) is 11.9. The van der Waals surface area contributed by atoms with Gasteiger partial charge in [0.15, 0.2) is 17.6 Å². The molecule has 1 amide bonds. The van der Waals surface area contributed by atoms with E-state index in [1.54, 1.807) is 0 Å². The van der Waals surface area contributed by atoms with Crippen molar-refractivity contribution in [1.29, 1.82) is 0 Å². The van der Waals surface area contributed by atoms with E-state index in [0.29, 0.717) is 31.3 Å². The first-order valence-corrected chi connectivity index (χ1v) is 8.30. The van der Waals surface area contributed by atoms with Crippen molar-refractivity contribution in [3.05, 3.63) is 22.7 Å². The quantitative estimate of drug-likeness (QED) is 0.501. The molecule has 1 aromatic rings. The molecule has 1 aromatic carbocycles. The summed E-state index contributed by atoms with van der Waals surface area (Å²) in [6.45, 7) is 4.63. The van der Waals surface area contributed by atoms with Gasteiger partial charge in [-0.1, -0.05) is 18.5 Å². The van der Waals surface area contributed by atoms with Gasteiger partial charge in [-0.15, -0.1) is 0 Å². The average Bonchev–Trinajstić information content (AvgIpc) is 2.59. The maximum Gasteiger partial charge on any atom is 0.339 e. The lowest BCUT2D eigenvalue weighted by atomic mass is 10.2. The van der Waals surface area contributed by atoms with E-state index in [1.807, 2.05) is 6.92 Å². The molecule has 1 atom stereocenters. The highest BCUT2D eigenvalue weighted by atomic mass is 35.5. The Hall–Kier alpha value is -1.99. The summed E-state index contributed by atoms with van der Waals surface area (Å²) < 4.78 is 20.7. The third-order valence-corrected chi connectivity index (χ3v) is 3.45. The highest BCUT2D eigenvalue weighted by Crippen LogP contribution is 2.36. The van der Waals surface area contributed by atoms with Crippen LogP contribution < -0.4 is 14.8 Å². The molecule has 0 aliphatic heterocycles. The van der Waals surface area contributed by atoms with Gasteiger partial charge in [-0.05, 0) is 25.5 Å². The molecular formula is C17H24ClNO6. The highest BCUT2D eigenvalue weighted by molar-refractivity contribution is 6.32. The molecule has 0 bridgehead atoms. The van der Waals surface area contributed by atoms with Gasteiger partial charge in [-0.3, -0.25) is 4.79 Å². The fraction of sp³-hybridized carbons (Fsp3) is 0.529. The predicted molar refractivity (Wildman–Crippen MR) is 93.6 cm³/mol. The summed E-state index contributed by atoms with van der Waals surface area (Å²) in [6.07, 6.45) is -0.149. The predicted octanol–water partition coefficient (Wildman–Crippen LogP) is 2.45. The fourth-order valence-electron chi connectivity index (χ4n) is 1.88. The Morgan fingerprint density at radius 1 is 1.24 bits per heavy atom. The van der Waals surface area contributed by atoms with Crippen LogP contribution in [0.1, 0.15) is 30.6 Å². The van der Waals surface area contributed by atoms with Crippen molar-refractivity contribution in [2.45, 2.75) is 26.4 Å². The molecule has 0 unspecified atom stereocenters. The lowest BCUT2D eigenvalue weighted by Gasteiger charge is -2.16. The van der Waals surface area contributed by atoms with E-state index in [0.717, 1.165) is 6.42 Å². The molecule has 0 aromatic heterocycles. The van der Waals surface area contributed by atoms with E-state index < -0.39 is 18.0 Å². The first-order valence-electron chi connectivity index (χ1n) is 7.92. The van der Waals surface area contributed by atoms with Crippen molar-refractivity contribution in [3.63, 3.8) is 0 Å². The molecule has 140 valence electrons. The molecule has 0 aliphatic carbocycles. The van der Waals surface area contributed by atoms with Gasteiger partial charge < -0.3 is 24.3 Å². The Labute approximate surface area is 152 Å². The number of halogens is 1. The van der Waals surface area contributed by atoms with Crippen LogP contribution in [0.2, 0.25) is 5.02 Å². The number of hydrogen-bond acceptors (Lipinski definition) is 6. The number of esters is 1. The molecule has 0 aliphatic rings. The Bertz CT molecular complexity index is 593. The largest absolute Gasteiger partial charge is 0.493 e. The van der Waals surface area contributed by atoms with Crippen molar-refractivity contribution in [1.82, 2.24) is 5.32 Å². The molecule has 8 heteroatoms. The topological polar surface area (TPSA) is 83.1 Å². The monoisotopic (exact) mass is 373 g/mol. The van der Waals surface area contributed by atoms with Crippen LogP contribution in [0.15, 0.2) is 12.1 Å². The Balaban J connectivity index is 2.81. The molecule has 25 heavy (non-hydrogen) atoms. The molecular weight excluding hydrogens is 350 g/mol. The smallest absolute Gasteiger partial charge is 0.339 e. The molecule has 0 saturated heterocycles. The number of ether oxygens (including phenoxy) is 4. The SMILES string of the molecule is CCCOc1c(Cl)cc(C(=O)O[C@H](C)C(=O)NCCOC)cc1OC. The number of carbonyl (C=O) groups is 2. The number of hydrogen-bond donors (Lipinski definition) is 1. The fourth-order valence-corrected chi connectivity index (χ4v) is 2.15. The number of amides is 1. The van der Waals surface area contributed by atoms with E-state index in [9.17, 15) is 9.59 Å². The van der Waals surface area contributed by atoms with Crippen LogP contribution >= 0.6 is 11.6 Å². The number of benzene rings is 1. The van der Waals surface area contributed by atoms with E-state index in [-0.39, 0.29) is 10.6 Å². The summed E-state index contributed by atoms with van der Waals surface area (Å²) in [4.78, 5) is 24.1. The van der Waals surface area contributed by atoms with Crippen molar-refractivity contribution in [3.8, 4) is 11.5 Å². The van der Waals surface area contributed by atoms with Crippen LogP contribution in [0, 0.1) is 0 Å². The summed E-state index contributed by atoms with van der Waals surface area (Å²) in [6, 6.07) is 2.89. The molecule has 0 spiro atoms. The van der Waals surface area contributed by atoms with Crippen LogP contribution in [0.5, 0.6) is 11.5 Å². The van der Waals surface area contributed by atoms with Crippen molar-refractivity contribution >= 4 is 23.5 Å². The number of nitrogens with one attached hydrogen (secondary N) is 1. The Kier molecular flexibility index (Phi) is 9.08. The maximum absolute atomic E-state index is 12.3. The van der Waals surface area contributed by atoms with Crippen LogP contribution in [-0.4, -0.2) is 52.0 Å². The molecule has 0 fully saturated rings. The number of methoxy groups -OCH3 is 2. The third-order valence-electron chi connectivity index (χ3n) is 3.17. The standard InChI is InChI=1S/C17H24ClNO6/c1-5-7-24-15-13(18)9-12(10-14(15)23-4)17(21)25-11(2)16(20)19-6-8-22-3/h9-11H,5-8H2,1-4H3,(H,19,20)/t11-/m1/s1. The Morgan fingerprint density at radius 2 is 1.96 bits per heavy atom. The molecule has 0 radical (unpaired) electrons. The minimum atomic E-state index is -0.954. The van der Waals surface area contributed by atoms with Crippen LogP contribution in [-0.2, 0) is 14.3 Å². The second-order valence-electron chi connectivity index (χ2n) is 5.17. The Morgan fingerprint density at radius 3 is 2.56 bits per heavy atom. The van der Waals surface area contributed by atoms with Gasteiger partial charge in [0.25, 0.3) is 5.91 Å². The van der Waals surface area contributed by atoms with Gasteiger partial charge in [-0.25, -0.2) is 4.79 Å². The second kappa shape index (κ2) is 10.8. The van der Waals surface area contributed by atoms with Crippen molar-refractivity contribution in [2.75, 3.05) is 34.0 Å². The normalized spacial score (nSPS) is 11.6.